The first-order valence-electron chi connectivity index (χ1n) is 7.26. The number of hydrogen-bond donors (Lipinski definition) is 0. The summed E-state index contributed by atoms with van der Waals surface area (Å²) in [4.78, 5) is 4.68. The third-order valence-corrected chi connectivity index (χ3v) is 5.88. The van der Waals surface area contributed by atoms with Crippen molar-refractivity contribution in [3.8, 4) is 11.4 Å². The molecule has 1 saturated carbocycles. The number of hydrogen-bond acceptors (Lipinski definition) is 5. The SMILES string of the molecule is C[C@H](c1nc(-c2ccc(S(=O)(=O)N(C)C)cc2)no1)C1CC1. The van der Waals surface area contributed by atoms with E-state index < -0.39 is 10.0 Å². The first-order valence-corrected chi connectivity index (χ1v) is 8.70. The average Bonchev–Trinajstić information content (AvgIpc) is 3.23. The highest BCUT2D eigenvalue weighted by Crippen LogP contribution is 2.41. The predicted molar refractivity (Wildman–Crippen MR) is 81.7 cm³/mol. The first kappa shape index (κ1) is 15.2. The fourth-order valence-electron chi connectivity index (χ4n) is 2.32. The molecule has 1 aliphatic rings. The first-order chi connectivity index (χ1) is 10.4. The second-order valence-electron chi connectivity index (χ2n) is 5.89. The lowest BCUT2D eigenvalue weighted by Crippen LogP contribution is -2.22. The minimum atomic E-state index is -3.42. The van der Waals surface area contributed by atoms with Crippen molar-refractivity contribution in [3.63, 3.8) is 0 Å². The van der Waals surface area contributed by atoms with Crippen LogP contribution in [0.4, 0.5) is 0 Å². The minimum absolute atomic E-state index is 0.247. The van der Waals surface area contributed by atoms with Crippen LogP contribution in [-0.4, -0.2) is 37.0 Å². The van der Waals surface area contributed by atoms with Crippen LogP contribution in [0.15, 0.2) is 33.7 Å². The third-order valence-electron chi connectivity index (χ3n) is 4.05. The zero-order valence-electron chi connectivity index (χ0n) is 12.9. The Morgan fingerprint density at radius 3 is 2.41 bits per heavy atom. The lowest BCUT2D eigenvalue weighted by Gasteiger charge is -2.11. The maximum absolute atomic E-state index is 12.0. The van der Waals surface area contributed by atoms with Crippen molar-refractivity contribution < 1.29 is 12.9 Å². The van der Waals surface area contributed by atoms with Crippen LogP contribution in [0.5, 0.6) is 0 Å². The molecular weight excluding hydrogens is 302 g/mol. The highest BCUT2D eigenvalue weighted by Gasteiger charge is 2.32. The summed E-state index contributed by atoms with van der Waals surface area (Å²) in [6.07, 6.45) is 2.44. The molecule has 3 rings (SSSR count). The summed E-state index contributed by atoms with van der Waals surface area (Å²) in [7, 11) is -0.402. The summed E-state index contributed by atoms with van der Waals surface area (Å²) in [5, 5.41) is 4.00. The van der Waals surface area contributed by atoms with Crippen LogP contribution in [0.25, 0.3) is 11.4 Å². The Hall–Kier alpha value is -1.73. The molecule has 1 aromatic heterocycles. The number of aromatic nitrogens is 2. The minimum Gasteiger partial charge on any atom is -0.339 e. The molecule has 1 aromatic carbocycles. The molecule has 0 unspecified atom stereocenters. The summed E-state index contributed by atoms with van der Waals surface area (Å²) in [6.45, 7) is 2.10. The highest BCUT2D eigenvalue weighted by molar-refractivity contribution is 7.89. The van der Waals surface area contributed by atoms with Crippen molar-refractivity contribution in [2.45, 2.75) is 30.6 Å². The van der Waals surface area contributed by atoms with E-state index in [9.17, 15) is 8.42 Å². The summed E-state index contributed by atoms with van der Waals surface area (Å²) >= 11 is 0. The van der Waals surface area contributed by atoms with Crippen molar-refractivity contribution in [1.29, 1.82) is 0 Å². The van der Waals surface area contributed by atoms with Crippen LogP contribution in [0.1, 0.15) is 31.6 Å². The van der Waals surface area contributed by atoms with Gasteiger partial charge in [0.05, 0.1) is 4.90 Å². The molecule has 0 saturated heterocycles. The van der Waals surface area contributed by atoms with Crippen molar-refractivity contribution in [3.05, 3.63) is 30.2 Å². The maximum Gasteiger partial charge on any atom is 0.242 e. The monoisotopic (exact) mass is 321 g/mol. The maximum atomic E-state index is 12.0. The molecule has 1 atom stereocenters. The Kier molecular flexibility index (Phi) is 3.78. The van der Waals surface area contributed by atoms with Crippen LogP contribution in [0.2, 0.25) is 0 Å². The molecule has 6 nitrogen and oxygen atoms in total. The summed E-state index contributed by atoms with van der Waals surface area (Å²) in [5.74, 6) is 2.09. The van der Waals surface area contributed by atoms with Crippen LogP contribution in [0.3, 0.4) is 0 Å². The Balaban J connectivity index is 1.84. The molecule has 0 bridgehead atoms. The molecule has 0 N–H and O–H groups in total. The zero-order valence-corrected chi connectivity index (χ0v) is 13.7. The quantitative estimate of drug-likeness (QED) is 0.845. The molecule has 22 heavy (non-hydrogen) atoms. The number of rotatable bonds is 5. The van der Waals surface area contributed by atoms with E-state index in [-0.39, 0.29) is 10.8 Å². The van der Waals surface area contributed by atoms with Crippen molar-refractivity contribution >= 4 is 10.0 Å². The largest absolute Gasteiger partial charge is 0.339 e. The molecule has 7 heteroatoms. The predicted octanol–water partition coefficient (Wildman–Crippen LogP) is 2.50. The van der Waals surface area contributed by atoms with Crippen molar-refractivity contribution in [2.75, 3.05) is 14.1 Å². The number of nitrogens with zero attached hydrogens (tertiary/aromatic N) is 3. The van der Waals surface area contributed by atoms with Crippen LogP contribution in [-0.2, 0) is 10.0 Å². The van der Waals surface area contributed by atoms with Gasteiger partial charge in [0.1, 0.15) is 0 Å². The van der Waals surface area contributed by atoms with Crippen molar-refractivity contribution in [2.24, 2.45) is 5.92 Å². The molecule has 0 amide bonds. The highest BCUT2D eigenvalue weighted by atomic mass is 32.2. The van der Waals surface area contributed by atoms with E-state index in [0.717, 1.165) is 5.56 Å². The van der Waals surface area contributed by atoms with Crippen LogP contribution in [0, 0.1) is 5.92 Å². The van der Waals surface area contributed by atoms with Gasteiger partial charge < -0.3 is 4.52 Å². The second kappa shape index (κ2) is 5.48. The Morgan fingerprint density at radius 1 is 1.23 bits per heavy atom. The number of benzene rings is 1. The molecule has 0 spiro atoms. The van der Waals surface area contributed by atoms with E-state index >= 15 is 0 Å². The molecule has 1 fully saturated rings. The lowest BCUT2D eigenvalue weighted by atomic mass is 10.1. The molecule has 118 valence electrons. The van der Waals surface area contributed by atoms with Gasteiger partial charge in [-0.3, -0.25) is 0 Å². The molecule has 0 aliphatic heterocycles. The third kappa shape index (κ3) is 2.78. The van der Waals surface area contributed by atoms with Gasteiger partial charge in [-0.05, 0) is 43.0 Å². The van der Waals surface area contributed by atoms with Crippen LogP contribution < -0.4 is 0 Å². The summed E-state index contributed by atoms with van der Waals surface area (Å²) < 4.78 is 30.6. The standard InChI is InChI=1S/C15H19N3O3S/c1-10(11-4-5-11)15-16-14(17-21-15)12-6-8-13(9-7-12)22(19,20)18(2)3/h6-11H,4-5H2,1-3H3/t10-/m0/s1. The van der Waals surface area contributed by atoms with E-state index in [1.54, 1.807) is 24.3 Å². The lowest BCUT2D eigenvalue weighted by molar-refractivity contribution is 0.349. The zero-order chi connectivity index (χ0) is 15.9. The summed E-state index contributed by atoms with van der Waals surface area (Å²) in [6, 6.07) is 6.52. The Bertz CT molecular complexity index is 762. The molecule has 0 radical (unpaired) electrons. The van der Waals surface area contributed by atoms with Crippen LogP contribution >= 0.6 is 0 Å². The summed E-state index contributed by atoms with van der Waals surface area (Å²) in [5.41, 5.74) is 0.746. The average molecular weight is 321 g/mol. The molecule has 1 aliphatic carbocycles. The van der Waals surface area contributed by atoms with Gasteiger partial charge in [-0.1, -0.05) is 12.1 Å². The van der Waals surface area contributed by atoms with E-state index in [1.165, 1.54) is 31.2 Å². The van der Waals surface area contributed by atoms with E-state index in [4.69, 9.17) is 4.52 Å². The normalized spacial score (nSPS) is 16.9. The smallest absolute Gasteiger partial charge is 0.242 e. The van der Waals surface area contributed by atoms with Gasteiger partial charge in [-0.15, -0.1) is 0 Å². The number of sulfonamides is 1. The van der Waals surface area contributed by atoms with Gasteiger partial charge >= 0.3 is 0 Å². The van der Waals surface area contributed by atoms with Gasteiger partial charge in [-0.2, -0.15) is 4.98 Å². The fraction of sp³-hybridized carbons (Fsp3) is 0.467. The van der Waals surface area contributed by atoms with E-state index in [0.29, 0.717) is 17.6 Å². The molecule has 2 aromatic rings. The topological polar surface area (TPSA) is 76.3 Å². The van der Waals surface area contributed by atoms with Crippen molar-refractivity contribution in [1.82, 2.24) is 14.4 Å². The molecular formula is C15H19N3O3S. The second-order valence-corrected chi connectivity index (χ2v) is 8.05. The Labute approximate surface area is 130 Å². The van der Waals surface area contributed by atoms with Gasteiger partial charge in [0, 0.05) is 25.6 Å². The van der Waals surface area contributed by atoms with Gasteiger partial charge in [0.15, 0.2) is 0 Å². The molecule has 1 heterocycles. The van der Waals surface area contributed by atoms with Gasteiger partial charge in [-0.25, -0.2) is 12.7 Å². The fourth-order valence-corrected chi connectivity index (χ4v) is 3.22. The Morgan fingerprint density at radius 2 is 1.86 bits per heavy atom. The van der Waals surface area contributed by atoms with Gasteiger partial charge in [0.25, 0.3) is 0 Å². The van der Waals surface area contributed by atoms with Gasteiger partial charge in [0.2, 0.25) is 21.7 Å². The van der Waals surface area contributed by atoms with E-state index in [1.807, 2.05) is 0 Å². The van der Waals surface area contributed by atoms with E-state index in [2.05, 4.69) is 17.1 Å².